The van der Waals surface area contributed by atoms with E-state index >= 15 is 0 Å². The molecule has 0 bridgehead atoms. The maximum Gasteiger partial charge on any atom is 0.125 e. The van der Waals surface area contributed by atoms with Crippen molar-refractivity contribution in [1.29, 1.82) is 0 Å². The van der Waals surface area contributed by atoms with Gasteiger partial charge in [0.1, 0.15) is 6.29 Å². The monoisotopic (exact) mass is 198 g/mol. The SMILES string of the molecule is C/C=C(C)\C(NC)=C(/N)CC=O.CC. The maximum atomic E-state index is 10.2. The summed E-state index contributed by atoms with van der Waals surface area (Å²) in [4.78, 5) is 10.2. The van der Waals surface area contributed by atoms with E-state index in [1.807, 2.05) is 33.8 Å². The highest BCUT2D eigenvalue weighted by Gasteiger charge is 2.01. The van der Waals surface area contributed by atoms with Crippen LogP contribution in [0.5, 0.6) is 0 Å². The molecule has 82 valence electrons. The van der Waals surface area contributed by atoms with Crippen molar-refractivity contribution < 1.29 is 4.79 Å². The number of carbonyl (C=O) groups excluding carboxylic acids is 1. The molecule has 0 heterocycles. The molecule has 0 aromatic rings. The Morgan fingerprint density at radius 3 is 2.21 bits per heavy atom. The largest absolute Gasteiger partial charge is 0.400 e. The number of allylic oxidation sites excluding steroid dienone is 3. The molecule has 0 amide bonds. The molecule has 0 fully saturated rings. The van der Waals surface area contributed by atoms with Crippen LogP contribution in [0.15, 0.2) is 23.0 Å². The summed E-state index contributed by atoms with van der Waals surface area (Å²) in [6.45, 7) is 7.88. The van der Waals surface area contributed by atoms with Gasteiger partial charge in [-0.05, 0) is 19.4 Å². The third-order valence-electron chi connectivity index (χ3n) is 1.70. The Bertz CT molecular complexity index is 217. The van der Waals surface area contributed by atoms with Crippen LogP contribution in [0.25, 0.3) is 0 Å². The maximum absolute atomic E-state index is 10.2. The van der Waals surface area contributed by atoms with E-state index < -0.39 is 0 Å². The number of hydrogen-bond acceptors (Lipinski definition) is 3. The Kier molecular flexibility index (Phi) is 10.7. The van der Waals surface area contributed by atoms with Crippen LogP contribution in [0.2, 0.25) is 0 Å². The molecule has 0 rings (SSSR count). The Hall–Kier alpha value is -1.25. The van der Waals surface area contributed by atoms with Gasteiger partial charge in [0.25, 0.3) is 0 Å². The van der Waals surface area contributed by atoms with Crippen LogP contribution in [-0.2, 0) is 4.79 Å². The van der Waals surface area contributed by atoms with Gasteiger partial charge in [0, 0.05) is 19.2 Å². The van der Waals surface area contributed by atoms with E-state index in [2.05, 4.69) is 5.32 Å². The minimum atomic E-state index is 0.279. The van der Waals surface area contributed by atoms with Gasteiger partial charge in [-0.3, -0.25) is 0 Å². The Morgan fingerprint density at radius 1 is 1.43 bits per heavy atom. The highest BCUT2D eigenvalue weighted by molar-refractivity contribution is 5.55. The van der Waals surface area contributed by atoms with Crippen molar-refractivity contribution in [3.05, 3.63) is 23.0 Å². The average molecular weight is 198 g/mol. The molecule has 3 nitrogen and oxygen atoms in total. The number of carbonyl (C=O) groups is 1. The first-order valence-electron chi connectivity index (χ1n) is 4.90. The molecule has 0 saturated carbocycles. The van der Waals surface area contributed by atoms with Crippen LogP contribution >= 0.6 is 0 Å². The Balaban J connectivity index is 0. The van der Waals surface area contributed by atoms with E-state index in [0.29, 0.717) is 5.70 Å². The third-order valence-corrected chi connectivity index (χ3v) is 1.70. The lowest BCUT2D eigenvalue weighted by Gasteiger charge is -2.09. The summed E-state index contributed by atoms with van der Waals surface area (Å²) in [7, 11) is 1.79. The molecule has 0 aromatic heterocycles. The van der Waals surface area contributed by atoms with Crippen LogP contribution in [0.3, 0.4) is 0 Å². The molecular formula is C11H22N2O. The van der Waals surface area contributed by atoms with Gasteiger partial charge in [-0.2, -0.15) is 0 Å². The number of hydrogen-bond donors (Lipinski definition) is 2. The van der Waals surface area contributed by atoms with E-state index in [-0.39, 0.29) is 6.42 Å². The summed E-state index contributed by atoms with van der Waals surface area (Å²) in [5.41, 5.74) is 8.15. The topological polar surface area (TPSA) is 55.1 Å². The fourth-order valence-electron chi connectivity index (χ4n) is 0.947. The summed E-state index contributed by atoms with van der Waals surface area (Å²) < 4.78 is 0. The lowest BCUT2D eigenvalue weighted by atomic mass is 10.1. The van der Waals surface area contributed by atoms with Crippen molar-refractivity contribution in [3.63, 3.8) is 0 Å². The number of nitrogens with two attached hydrogens (primary N) is 1. The summed E-state index contributed by atoms with van der Waals surface area (Å²) in [5.74, 6) is 0. The zero-order valence-corrected chi connectivity index (χ0v) is 9.85. The van der Waals surface area contributed by atoms with Crippen LogP contribution < -0.4 is 11.1 Å². The van der Waals surface area contributed by atoms with Crippen LogP contribution in [0.4, 0.5) is 0 Å². The van der Waals surface area contributed by atoms with Gasteiger partial charge in [0.05, 0.1) is 5.70 Å². The molecule has 14 heavy (non-hydrogen) atoms. The van der Waals surface area contributed by atoms with Gasteiger partial charge < -0.3 is 15.8 Å². The second kappa shape index (κ2) is 9.84. The van der Waals surface area contributed by atoms with Crippen molar-refractivity contribution in [2.45, 2.75) is 34.1 Å². The molecule has 3 N–H and O–H groups in total. The molecule has 0 unspecified atom stereocenters. The summed E-state index contributed by atoms with van der Waals surface area (Å²) >= 11 is 0. The van der Waals surface area contributed by atoms with E-state index in [4.69, 9.17) is 5.73 Å². The predicted molar refractivity (Wildman–Crippen MR) is 61.7 cm³/mol. The van der Waals surface area contributed by atoms with Crippen LogP contribution in [0.1, 0.15) is 34.1 Å². The summed E-state index contributed by atoms with van der Waals surface area (Å²) in [6, 6.07) is 0. The molecule has 3 heteroatoms. The van der Waals surface area contributed by atoms with Gasteiger partial charge in [-0.15, -0.1) is 0 Å². The molecule has 0 saturated heterocycles. The van der Waals surface area contributed by atoms with Crippen molar-refractivity contribution in [2.24, 2.45) is 5.73 Å². The van der Waals surface area contributed by atoms with E-state index in [1.54, 1.807) is 7.05 Å². The zero-order valence-electron chi connectivity index (χ0n) is 9.85. The lowest BCUT2D eigenvalue weighted by molar-refractivity contribution is -0.107. The number of likely N-dealkylation sites (N-methyl/N-ethyl adjacent to an activating group) is 1. The number of aldehydes is 1. The van der Waals surface area contributed by atoms with E-state index in [0.717, 1.165) is 17.6 Å². The van der Waals surface area contributed by atoms with Gasteiger partial charge >= 0.3 is 0 Å². The first kappa shape index (κ1) is 15.2. The van der Waals surface area contributed by atoms with Crippen LogP contribution in [0, 0.1) is 0 Å². The number of rotatable bonds is 4. The zero-order chi connectivity index (χ0) is 11.6. The molecular weight excluding hydrogens is 176 g/mol. The highest BCUT2D eigenvalue weighted by atomic mass is 16.1. The third kappa shape index (κ3) is 5.41. The van der Waals surface area contributed by atoms with E-state index in [9.17, 15) is 4.79 Å². The predicted octanol–water partition coefficient (Wildman–Crippen LogP) is 1.96. The molecule has 0 aliphatic carbocycles. The van der Waals surface area contributed by atoms with Gasteiger partial charge in [0.15, 0.2) is 0 Å². The second-order valence-electron chi connectivity index (χ2n) is 2.49. The lowest BCUT2D eigenvalue weighted by Crippen LogP contribution is -2.15. The molecule has 0 spiro atoms. The second-order valence-corrected chi connectivity index (χ2v) is 2.49. The number of nitrogens with one attached hydrogen (secondary N) is 1. The van der Waals surface area contributed by atoms with E-state index in [1.165, 1.54) is 0 Å². The fourth-order valence-corrected chi connectivity index (χ4v) is 0.947. The fraction of sp³-hybridized carbons (Fsp3) is 0.545. The Labute approximate surface area is 87.1 Å². The van der Waals surface area contributed by atoms with Crippen molar-refractivity contribution in [3.8, 4) is 0 Å². The van der Waals surface area contributed by atoms with Gasteiger partial charge in [-0.1, -0.05) is 19.9 Å². The molecule has 0 aromatic carbocycles. The van der Waals surface area contributed by atoms with Crippen molar-refractivity contribution in [2.75, 3.05) is 7.05 Å². The average Bonchev–Trinajstić information content (AvgIpc) is 2.22. The molecule has 0 aliphatic heterocycles. The quantitative estimate of drug-likeness (QED) is 0.536. The minimum absolute atomic E-state index is 0.279. The van der Waals surface area contributed by atoms with Gasteiger partial charge in [-0.25, -0.2) is 0 Å². The normalized spacial score (nSPS) is 12.2. The van der Waals surface area contributed by atoms with Crippen molar-refractivity contribution in [1.82, 2.24) is 5.32 Å². The Morgan fingerprint density at radius 2 is 1.93 bits per heavy atom. The minimum Gasteiger partial charge on any atom is -0.400 e. The van der Waals surface area contributed by atoms with Crippen molar-refractivity contribution >= 4 is 6.29 Å². The molecule has 0 atom stereocenters. The van der Waals surface area contributed by atoms with Gasteiger partial charge in [0.2, 0.25) is 0 Å². The molecule has 0 aliphatic rings. The first-order valence-corrected chi connectivity index (χ1v) is 4.90. The first-order chi connectivity index (χ1) is 6.67. The van der Waals surface area contributed by atoms with Crippen LogP contribution in [-0.4, -0.2) is 13.3 Å². The highest BCUT2D eigenvalue weighted by Crippen LogP contribution is 2.08. The molecule has 0 radical (unpaired) electrons. The summed E-state index contributed by atoms with van der Waals surface area (Å²) in [6.07, 6.45) is 3.03. The smallest absolute Gasteiger partial charge is 0.125 e. The standard InChI is InChI=1S/C9H16N2O.C2H6/c1-4-7(2)9(11-3)8(10)5-6-12;1-2/h4,6,11H,5,10H2,1-3H3;1-2H3/b7-4-,9-8+;. The summed E-state index contributed by atoms with van der Waals surface area (Å²) in [5, 5.41) is 2.96.